The van der Waals surface area contributed by atoms with Crippen molar-refractivity contribution >= 4 is 23.3 Å². The zero-order valence-electron chi connectivity index (χ0n) is 10.6. The first-order valence-corrected chi connectivity index (χ1v) is 6.09. The van der Waals surface area contributed by atoms with Crippen LogP contribution in [0.15, 0.2) is 30.7 Å². The van der Waals surface area contributed by atoms with Crippen LogP contribution in [-0.4, -0.2) is 28.2 Å². The lowest BCUT2D eigenvalue weighted by Crippen LogP contribution is -2.10. The van der Waals surface area contributed by atoms with Gasteiger partial charge in [-0.25, -0.2) is 14.8 Å². The van der Waals surface area contributed by atoms with E-state index in [1.807, 2.05) is 0 Å². The van der Waals surface area contributed by atoms with Crippen molar-refractivity contribution in [1.82, 2.24) is 9.97 Å². The van der Waals surface area contributed by atoms with Gasteiger partial charge in [0, 0.05) is 11.2 Å². The Morgan fingerprint density at radius 3 is 3.00 bits per heavy atom. The number of methoxy groups -OCH3 is 1. The molecule has 0 bridgehead atoms. The molecule has 1 aromatic heterocycles. The van der Waals surface area contributed by atoms with Gasteiger partial charge in [0.2, 0.25) is 0 Å². The van der Waals surface area contributed by atoms with Gasteiger partial charge in [-0.1, -0.05) is 11.6 Å². The highest BCUT2D eigenvalue weighted by atomic mass is 35.5. The fourth-order valence-corrected chi connectivity index (χ4v) is 1.84. The third kappa shape index (κ3) is 3.16. The van der Waals surface area contributed by atoms with Gasteiger partial charge in [0.05, 0.1) is 25.0 Å². The second-order valence-electron chi connectivity index (χ2n) is 3.89. The van der Waals surface area contributed by atoms with Crippen molar-refractivity contribution in [2.75, 3.05) is 12.4 Å². The van der Waals surface area contributed by atoms with Crippen LogP contribution >= 0.6 is 11.6 Å². The molecule has 0 spiro atoms. The molecule has 0 aliphatic rings. The summed E-state index contributed by atoms with van der Waals surface area (Å²) in [6.45, 7) is 0.223. The normalized spacial score (nSPS) is 10.1. The molecule has 0 amide bonds. The van der Waals surface area contributed by atoms with E-state index in [9.17, 15) is 4.79 Å². The Hall–Kier alpha value is -2.34. The minimum atomic E-state index is -1.07. The van der Waals surface area contributed by atoms with Gasteiger partial charge in [-0.15, -0.1) is 0 Å². The molecule has 0 unspecified atom stereocenters. The minimum Gasteiger partial charge on any atom is -0.495 e. The Balaban J connectivity index is 2.21. The van der Waals surface area contributed by atoms with Crippen LogP contribution < -0.4 is 10.1 Å². The minimum absolute atomic E-state index is 0.0565. The van der Waals surface area contributed by atoms with Crippen molar-refractivity contribution in [1.29, 1.82) is 0 Å². The predicted molar refractivity (Wildman–Crippen MR) is 74.3 cm³/mol. The zero-order valence-corrected chi connectivity index (χ0v) is 11.4. The maximum Gasteiger partial charge on any atom is 0.339 e. The molecule has 7 heteroatoms. The Morgan fingerprint density at radius 1 is 1.50 bits per heavy atom. The summed E-state index contributed by atoms with van der Waals surface area (Å²) in [4.78, 5) is 18.7. The first-order chi connectivity index (χ1) is 9.61. The highest BCUT2D eigenvalue weighted by Gasteiger charge is 2.12. The number of halogens is 1. The molecule has 1 heterocycles. The van der Waals surface area contributed by atoms with Gasteiger partial charge >= 0.3 is 5.97 Å². The molecule has 2 aromatic rings. The van der Waals surface area contributed by atoms with E-state index < -0.39 is 5.97 Å². The standard InChI is InChI=1S/C13H12ClN3O3/c1-20-12-3-2-8(14)4-10(12)16-6-11-9(13(18)19)5-15-7-17-11/h2-5,7,16H,6H2,1H3,(H,18,19). The van der Waals surface area contributed by atoms with E-state index in [1.165, 1.54) is 12.5 Å². The summed E-state index contributed by atoms with van der Waals surface area (Å²) in [5, 5.41) is 12.7. The predicted octanol–water partition coefficient (Wildman–Crippen LogP) is 2.45. The first kappa shape index (κ1) is 14.1. The summed E-state index contributed by atoms with van der Waals surface area (Å²) in [7, 11) is 1.54. The van der Waals surface area contributed by atoms with Crippen LogP contribution in [0.25, 0.3) is 0 Å². The molecule has 1 aromatic carbocycles. The number of aromatic carboxylic acids is 1. The van der Waals surface area contributed by atoms with E-state index in [0.717, 1.165) is 0 Å². The Labute approximate surface area is 120 Å². The van der Waals surface area contributed by atoms with Gasteiger partial charge in [-0.3, -0.25) is 0 Å². The summed E-state index contributed by atoms with van der Waals surface area (Å²) in [5.41, 5.74) is 1.10. The van der Waals surface area contributed by atoms with Gasteiger partial charge in [-0.05, 0) is 18.2 Å². The molecule has 20 heavy (non-hydrogen) atoms. The lowest BCUT2D eigenvalue weighted by Gasteiger charge is -2.12. The number of carboxylic acid groups (broad SMARTS) is 1. The monoisotopic (exact) mass is 293 g/mol. The van der Waals surface area contributed by atoms with Crippen molar-refractivity contribution < 1.29 is 14.6 Å². The van der Waals surface area contributed by atoms with Crippen LogP contribution in [0.1, 0.15) is 16.1 Å². The Morgan fingerprint density at radius 2 is 2.30 bits per heavy atom. The average molecular weight is 294 g/mol. The van der Waals surface area contributed by atoms with E-state index in [2.05, 4.69) is 15.3 Å². The largest absolute Gasteiger partial charge is 0.495 e. The number of anilines is 1. The molecule has 0 radical (unpaired) electrons. The van der Waals surface area contributed by atoms with Gasteiger partial charge in [0.1, 0.15) is 17.6 Å². The van der Waals surface area contributed by atoms with Gasteiger partial charge < -0.3 is 15.2 Å². The molecule has 0 saturated heterocycles. The molecular formula is C13H12ClN3O3. The highest BCUT2D eigenvalue weighted by molar-refractivity contribution is 6.30. The smallest absolute Gasteiger partial charge is 0.339 e. The summed E-state index contributed by atoms with van der Waals surface area (Å²) >= 11 is 5.92. The average Bonchev–Trinajstić information content (AvgIpc) is 2.45. The van der Waals surface area contributed by atoms with E-state index in [0.29, 0.717) is 22.2 Å². The maximum absolute atomic E-state index is 11.1. The number of nitrogens with zero attached hydrogens (tertiary/aromatic N) is 2. The molecule has 6 nitrogen and oxygen atoms in total. The zero-order chi connectivity index (χ0) is 14.5. The SMILES string of the molecule is COc1ccc(Cl)cc1NCc1ncncc1C(=O)O. The fraction of sp³-hybridized carbons (Fsp3) is 0.154. The van der Waals surface area contributed by atoms with E-state index in [-0.39, 0.29) is 12.1 Å². The van der Waals surface area contributed by atoms with Crippen molar-refractivity contribution in [3.05, 3.63) is 47.0 Å². The van der Waals surface area contributed by atoms with Crippen LogP contribution in [0.5, 0.6) is 5.75 Å². The van der Waals surface area contributed by atoms with Crippen LogP contribution in [-0.2, 0) is 6.54 Å². The van der Waals surface area contributed by atoms with Gasteiger partial charge in [-0.2, -0.15) is 0 Å². The van der Waals surface area contributed by atoms with E-state index in [1.54, 1.807) is 25.3 Å². The molecule has 0 atom stereocenters. The number of nitrogens with one attached hydrogen (secondary N) is 1. The summed E-state index contributed by atoms with van der Waals surface area (Å²) in [5.74, 6) is -0.458. The highest BCUT2D eigenvalue weighted by Crippen LogP contribution is 2.28. The van der Waals surface area contributed by atoms with Crippen LogP contribution in [0, 0.1) is 0 Å². The van der Waals surface area contributed by atoms with Crippen LogP contribution in [0.4, 0.5) is 5.69 Å². The van der Waals surface area contributed by atoms with Gasteiger partial charge in [0.15, 0.2) is 0 Å². The summed E-state index contributed by atoms with van der Waals surface area (Å²) in [6.07, 6.45) is 2.57. The molecule has 0 fully saturated rings. The van der Waals surface area contributed by atoms with Crippen LogP contribution in [0.3, 0.4) is 0 Å². The summed E-state index contributed by atoms with van der Waals surface area (Å²) in [6, 6.07) is 5.13. The second-order valence-corrected chi connectivity index (χ2v) is 4.32. The first-order valence-electron chi connectivity index (χ1n) is 5.71. The third-order valence-electron chi connectivity index (χ3n) is 2.63. The molecule has 2 N–H and O–H groups in total. The Bertz CT molecular complexity index is 634. The molecule has 0 aliphatic carbocycles. The second kappa shape index (κ2) is 6.21. The van der Waals surface area contributed by atoms with E-state index >= 15 is 0 Å². The number of rotatable bonds is 5. The van der Waals surface area contributed by atoms with Crippen molar-refractivity contribution in [2.24, 2.45) is 0 Å². The molecule has 2 rings (SSSR count). The third-order valence-corrected chi connectivity index (χ3v) is 2.87. The summed E-state index contributed by atoms with van der Waals surface area (Å²) < 4.78 is 5.20. The molecule has 0 aliphatic heterocycles. The Kier molecular flexibility index (Phi) is 4.37. The van der Waals surface area contributed by atoms with Gasteiger partial charge in [0.25, 0.3) is 0 Å². The lowest BCUT2D eigenvalue weighted by atomic mass is 10.2. The fourth-order valence-electron chi connectivity index (χ4n) is 1.67. The van der Waals surface area contributed by atoms with Crippen LogP contribution in [0.2, 0.25) is 5.02 Å². The number of benzene rings is 1. The van der Waals surface area contributed by atoms with Crippen molar-refractivity contribution in [2.45, 2.75) is 6.54 Å². The molecular weight excluding hydrogens is 282 g/mol. The van der Waals surface area contributed by atoms with Crippen molar-refractivity contribution in [3.8, 4) is 5.75 Å². The lowest BCUT2D eigenvalue weighted by molar-refractivity contribution is 0.0694. The maximum atomic E-state index is 11.1. The quantitative estimate of drug-likeness (QED) is 0.881. The van der Waals surface area contributed by atoms with Crippen molar-refractivity contribution in [3.63, 3.8) is 0 Å². The molecule has 104 valence electrons. The number of carboxylic acids is 1. The number of carbonyl (C=O) groups is 1. The number of hydrogen-bond acceptors (Lipinski definition) is 5. The number of ether oxygens (including phenoxy) is 1. The number of aromatic nitrogens is 2. The van der Waals surface area contributed by atoms with E-state index in [4.69, 9.17) is 21.4 Å². The topological polar surface area (TPSA) is 84.3 Å². The number of hydrogen-bond donors (Lipinski definition) is 2. The molecule has 0 saturated carbocycles.